The molecule has 0 aromatic heterocycles. The molecule has 0 saturated heterocycles. The molecule has 3 unspecified atom stereocenters. The minimum atomic E-state index is -0.688. The van der Waals surface area contributed by atoms with Crippen LogP contribution in [0.4, 0.5) is 0 Å². The number of carboxylic acids is 1. The van der Waals surface area contributed by atoms with Gasteiger partial charge in [-0.25, -0.2) is 0 Å². The first-order valence-corrected chi connectivity index (χ1v) is 10.7. The Hall–Kier alpha value is -0.220. The Labute approximate surface area is 146 Å². The predicted molar refractivity (Wildman–Crippen MR) is 99.1 cm³/mol. The molecule has 3 atom stereocenters. The maximum atomic E-state index is 10.5. The molecular formula is C19H36O3S. The van der Waals surface area contributed by atoms with Crippen molar-refractivity contribution in [1.82, 2.24) is 0 Å². The normalized spacial score (nSPS) is 24.2. The van der Waals surface area contributed by atoms with Crippen LogP contribution in [0, 0.1) is 5.92 Å². The van der Waals surface area contributed by atoms with Crippen molar-refractivity contribution >= 4 is 17.7 Å². The molecule has 4 heteroatoms. The molecule has 0 heterocycles. The molecule has 1 saturated carbocycles. The zero-order valence-electron chi connectivity index (χ0n) is 14.8. The van der Waals surface area contributed by atoms with Crippen LogP contribution >= 0.6 is 11.8 Å². The third-order valence-electron chi connectivity index (χ3n) is 4.98. The molecule has 1 rings (SSSR count). The first-order valence-electron chi connectivity index (χ1n) is 9.66. The molecule has 1 fully saturated rings. The minimum Gasteiger partial charge on any atom is -0.481 e. The maximum absolute atomic E-state index is 10.5. The third-order valence-corrected chi connectivity index (χ3v) is 6.51. The molecule has 0 amide bonds. The van der Waals surface area contributed by atoms with Gasteiger partial charge in [-0.3, -0.25) is 4.79 Å². The van der Waals surface area contributed by atoms with Gasteiger partial charge in [0.15, 0.2) is 0 Å². The molecule has 23 heavy (non-hydrogen) atoms. The summed E-state index contributed by atoms with van der Waals surface area (Å²) in [6, 6.07) is 0. The number of hydrogen-bond donors (Lipinski definition) is 2. The summed E-state index contributed by atoms with van der Waals surface area (Å²) in [5, 5.41) is 19.5. The second-order valence-corrected chi connectivity index (χ2v) is 8.33. The van der Waals surface area contributed by atoms with Crippen molar-refractivity contribution in [2.24, 2.45) is 5.92 Å². The minimum absolute atomic E-state index is 0.105. The lowest BCUT2D eigenvalue weighted by molar-refractivity contribution is -0.137. The van der Waals surface area contributed by atoms with E-state index in [9.17, 15) is 9.90 Å². The van der Waals surface area contributed by atoms with E-state index >= 15 is 0 Å². The number of aliphatic hydroxyl groups excluding tert-OH is 1. The van der Waals surface area contributed by atoms with Gasteiger partial charge in [-0.15, -0.1) is 0 Å². The fourth-order valence-electron chi connectivity index (χ4n) is 3.55. The quantitative estimate of drug-likeness (QED) is 0.422. The van der Waals surface area contributed by atoms with Gasteiger partial charge in [0.25, 0.3) is 0 Å². The van der Waals surface area contributed by atoms with E-state index in [-0.39, 0.29) is 6.10 Å². The van der Waals surface area contributed by atoms with Gasteiger partial charge < -0.3 is 10.2 Å². The summed E-state index contributed by atoms with van der Waals surface area (Å²) in [5.74, 6) is 1.03. The van der Waals surface area contributed by atoms with Gasteiger partial charge in [0.2, 0.25) is 0 Å². The number of aliphatic hydroxyl groups is 1. The van der Waals surface area contributed by atoms with Crippen molar-refractivity contribution in [3.05, 3.63) is 0 Å². The standard InChI is InChI=1S/C19H36O3S/c1-2-3-4-7-10-15-23-18-14-13-17(20)16(18)11-8-5-6-9-12-19(21)22/h16-18,20H,2-15H2,1H3,(H,21,22). The van der Waals surface area contributed by atoms with Crippen molar-refractivity contribution < 1.29 is 15.0 Å². The molecular weight excluding hydrogens is 308 g/mol. The smallest absolute Gasteiger partial charge is 0.303 e. The lowest BCUT2D eigenvalue weighted by Gasteiger charge is -2.21. The molecule has 136 valence electrons. The molecule has 1 aliphatic carbocycles. The molecule has 0 spiro atoms. The number of carboxylic acid groups (broad SMARTS) is 1. The summed E-state index contributed by atoms with van der Waals surface area (Å²) < 4.78 is 0. The van der Waals surface area contributed by atoms with E-state index in [1.807, 2.05) is 0 Å². The summed E-state index contributed by atoms with van der Waals surface area (Å²) in [6.07, 6.45) is 14.2. The van der Waals surface area contributed by atoms with Crippen LogP contribution < -0.4 is 0 Å². The molecule has 2 N–H and O–H groups in total. The van der Waals surface area contributed by atoms with E-state index in [1.54, 1.807) is 0 Å². The van der Waals surface area contributed by atoms with Crippen LogP contribution in [0.1, 0.15) is 90.4 Å². The number of hydrogen-bond acceptors (Lipinski definition) is 3. The summed E-state index contributed by atoms with van der Waals surface area (Å²) in [4.78, 5) is 10.5. The molecule has 0 aliphatic heterocycles. The van der Waals surface area contributed by atoms with Crippen LogP contribution in [0.5, 0.6) is 0 Å². The van der Waals surface area contributed by atoms with Gasteiger partial charge in [-0.2, -0.15) is 11.8 Å². The van der Waals surface area contributed by atoms with Gasteiger partial charge in [0, 0.05) is 11.7 Å². The largest absolute Gasteiger partial charge is 0.481 e. The lowest BCUT2D eigenvalue weighted by Crippen LogP contribution is -2.21. The van der Waals surface area contributed by atoms with Gasteiger partial charge in [-0.1, -0.05) is 51.9 Å². The Balaban J connectivity index is 2.09. The van der Waals surface area contributed by atoms with Crippen LogP contribution in [0.25, 0.3) is 0 Å². The number of thioether (sulfide) groups is 1. The predicted octanol–water partition coefficient (Wildman–Crippen LogP) is 5.25. The molecule has 0 bridgehead atoms. The molecule has 0 radical (unpaired) electrons. The Morgan fingerprint density at radius 1 is 1.00 bits per heavy atom. The Morgan fingerprint density at radius 2 is 1.70 bits per heavy atom. The van der Waals surface area contributed by atoms with Crippen LogP contribution in [0.2, 0.25) is 0 Å². The van der Waals surface area contributed by atoms with E-state index in [0.717, 1.165) is 38.5 Å². The maximum Gasteiger partial charge on any atom is 0.303 e. The summed E-state index contributed by atoms with van der Waals surface area (Å²) in [6.45, 7) is 2.25. The van der Waals surface area contributed by atoms with Crippen LogP contribution in [0.3, 0.4) is 0 Å². The Morgan fingerprint density at radius 3 is 2.43 bits per heavy atom. The van der Waals surface area contributed by atoms with Crippen molar-refractivity contribution in [3.63, 3.8) is 0 Å². The summed E-state index contributed by atoms with van der Waals surface area (Å²) >= 11 is 2.09. The summed E-state index contributed by atoms with van der Waals surface area (Å²) in [5.41, 5.74) is 0. The fraction of sp³-hybridized carbons (Fsp3) is 0.947. The number of rotatable bonds is 14. The first kappa shape index (κ1) is 20.8. The highest BCUT2D eigenvalue weighted by molar-refractivity contribution is 7.99. The number of aliphatic carboxylic acids is 1. The van der Waals surface area contributed by atoms with E-state index in [4.69, 9.17) is 5.11 Å². The highest BCUT2D eigenvalue weighted by Crippen LogP contribution is 2.38. The molecule has 0 aromatic rings. The van der Waals surface area contributed by atoms with Crippen molar-refractivity contribution in [3.8, 4) is 0 Å². The highest BCUT2D eigenvalue weighted by atomic mass is 32.2. The van der Waals surface area contributed by atoms with Gasteiger partial charge in [0.05, 0.1) is 6.10 Å². The highest BCUT2D eigenvalue weighted by Gasteiger charge is 2.34. The van der Waals surface area contributed by atoms with E-state index in [1.165, 1.54) is 44.3 Å². The van der Waals surface area contributed by atoms with Crippen LogP contribution in [-0.4, -0.2) is 33.3 Å². The summed E-state index contributed by atoms with van der Waals surface area (Å²) in [7, 11) is 0. The Bertz CT molecular complexity index is 309. The lowest BCUT2D eigenvalue weighted by atomic mass is 9.97. The second kappa shape index (κ2) is 13.1. The number of unbranched alkanes of at least 4 members (excludes halogenated alkanes) is 7. The fourth-order valence-corrected chi connectivity index (χ4v) is 5.09. The van der Waals surface area contributed by atoms with E-state index < -0.39 is 5.97 Å². The molecule has 1 aliphatic rings. The third kappa shape index (κ3) is 9.61. The van der Waals surface area contributed by atoms with Gasteiger partial charge in [0.1, 0.15) is 0 Å². The topological polar surface area (TPSA) is 57.5 Å². The second-order valence-electron chi connectivity index (χ2n) is 6.98. The zero-order valence-corrected chi connectivity index (χ0v) is 15.7. The van der Waals surface area contributed by atoms with Crippen molar-refractivity contribution in [2.75, 3.05) is 5.75 Å². The first-order chi connectivity index (χ1) is 11.1. The monoisotopic (exact) mass is 344 g/mol. The average Bonchev–Trinajstić information content (AvgIpc) is 2.86. The van der Waals surface area contributed by atoms with Crippen molar-refractivity contribution in [2.45, 2.75) is 102 Å². The van der Waals surface area contributed by atoms with E-state index in [2.05, 4.69) is 18.7 Å². The Kier molecular flexibility index (Phi) is 11.9. The zero-order chi connectivity index (χ0) is 16.9. The van der Waals surface area contributed by atoms with Gasteiger partial charge in [-0.05, 0) is 43.8 Å². The van der Waals surface area contributed by atoms with E-state index in [0.29, 0.717) is 17.6 Å². The van der Waals surface area contributed by atoms with Gasteiger partial charge >= 0.3 is 5.97 Å². The van der Waals surface area contributed by atoms with Crippen LogP contribution in [-0.2, 0) is 4.79 Å². The number of carbonyl (C=O) groups is 1. The van der Waals surface area contributed by atoms with Crippen molar-refractivity contribution in [1.29, 1.82) is 0 Å². The molecule has 0 aromatic carbocycles. The molecule has 3 nitrogen and oxygen atoms in total. The average molecular weight is 345 g/mol. The SMILES string of the molecule is CCCCCCCSC1CCC(O)C1CCCCCCC(=O)O. The van der Waals surface area contributed by atoms with Crippen LogP contribution in [0.15, 0.2) is 0 Å².